The molecule has 132 valence electrons. The molecule has 1 aromatic heterocycles. The summed E-state index contributed by atoms with van der Waals surface area (Å²) in [7, 11) is -9.40. The Morgan fingerprint density at radius 1 is 0.920 bits per heavy atom. The number of aryl methyl sites for hydroxylation is 1. The molecule has 3 aromatic rings. The molecular formula is C14H12N2O7S2. The van der Waals surface area contributed by atoms with Crippen LogP contribution in [0.2, 0.25) is 0 Å². The van der Waals surface area contributed by atoms with Crippen molar-refractivity contribution in [1.29, 1.82) is 0 Å². The van der Waals surface area contributed by atoms with Crippen molar-refractivity contribution in [3.63, 3.8) is 0 Å². The van der Waals surface area contributed by atoms with Crippen molar-refractivity contribution in [3.05, 3.63) is 52.4 Å². The van der Waals surface area contributed by atoms with Crippen molar-refractivity contribution < 1.29 is 25.9 Å². The van der Waals surface area contributed by atoms with Crippen molar-refractivity contribution in [3.8, 4) is 5.69 Å². The molecule has 3 rings (SSSR count). The highest BCUT2D eigenvalue weighted by Crippen LogP contribution is 2.30. The zero-order valence-electron chi connectivity index (χ0n) is 12.7. The molecule has 0 saturated heterocycles. The van der Waals surface area contributed by atoms with Gasteiger partial charge in [-0.05, 0) is 25.1 Å². The lowest BCUT2D eigenvalue weighted by Crippen LogP contribution is -2.14. The van der Waals surface area contributed by atoms with Gasteiger partial charge in [-0.3, -0.25) is 19.0 Å². The van der Waals surface area contributed by atoms with E-state index < -0.39 is 35.6 Å². The summed E-state index contributed by atoms with van der Waals surface area (Å²) >= 11 is 0. The predicted octanol–water partition coefficient (Wildman–Crippen LogP) is 1.12. The average molecular weight is 384 g/mol. The molecule has 25 heavy (non-hydrogen) atoms. The first-order valence-electron chi connectivity index (χ1n) is 6.79. The van der Waals surface area contributed by atoms with E-state index in [0.29, 0.717) is 5.69 Å². The van der Waals surface area contributed by atoms with Crippen molar-refractivity contribution in [2.75, 3.05) is 0 Å². The molecule has 0 spiro atoms. The van der Waals surface area contributed by atoms with Crippen LogP contribution in [-0.2, 0) is 20.2 Å². The third-order valence-corrected chi connectivity index (χ3v) is 5.37. The van der Waals surface area contributed by atoms with Crippen LogP contribution in [0.3, 0.4) is 0 Å². The van der Waals surface area contributed by atoms with Gasteiger partial charge in [-0.15, -0.1) is 0 Å². The van der Waals surface area contributed by atoms with E-state index in [4.69, 9.17) is 0 Å². The zero-order chi connectivity index (χ0) is 18.6. The Morgan fingerprint density at radius 2 is 1.56 bits per heavy atom. The number of fused-ring (bicyclic) bond motifs is 1. The Balaban J connectivity index is 2.54. The van der Waals surface area contributed by atoms with Crippen LogP contribution in [0.1, 0.15) is 5.69 Å². The van der Waals surface area contributed by atoms with Gasteiger partial charge in [0.25, 0.3) is 25.8 Å². The van der Waals surface area contributed by atoms with Crippen molar-refractivity contribution in [1.82, 2.24) is 9.78 Å². The molecule has 2 aromatic carbocycles. The largest absolute Gasteiger partial charge is 0.295 e. The minimum absolute atomic E-state index is 0.0191. The minimum Gasteiger partial charge on any atom is -0.295 e. The van der Waals surface area contributed by atoms with Crippen LogP contribution in [0.4, 0.5) is 0 Å². The Kier molecular flexibility index (Phi) is 3.84. The highest BCUT2D eigenvalue weighted by molar-refractivity contribution is 7.86. The maximum absolute atomic E-state index is 12.0. The number of nitrogens with zero attached hydrogens (tertiary/aromatic N) is 1. The summed E-state index contributed by atoms with van der Waals surface area (Å²) in [4.78, 5) is 10.8. The second kappa shape index (κ2) is 5.52. The van der Waals surface area contributed by atoms with E-state index in [1.165, 1.54) is 24.3 Å². The molecule has 0 amide bonds. The fourth-order valence-electron chi connectivity index (χ4n) is 2.58. The minimum atomic E-state index is -4.73. The Labute approximate surface area is 142 Å². The number of rotatable bonds is 3. The Hall–Kier alpha value is -2.47. The maximum Gasteiger partial charge on any atom is 0.295 e. The van der Waals surface area contributed by atoms with Gasteiger partial charge < -0.3 is 0 Å². The monoisotopic (exact) mass is 384 g/mol. The van der Waals surface area contributed by atoms with Gasteiger partial charge in [0, 0.05) is 22.5 Å². The normalized spacial score (nSPS) is 12.6. The molecule has 11 heteroatoms. The van der Waals surface area contributed by atoms with E-state index in [1.54, 1.807) is 6.92 Å². The highest BCUT2D eigenvalue weighted by atomic mass is 32.2. The SMILES string of the molecule is Cc1cc(=O)n(-c2cc(S(=O)(=O)O)c3cccc(S(=O)(=O)O)c3c2)[nH]1. The second-order valence-electron chi connectivity index (χ2n) is 5.36. The molecular weight excluding hydrogens is 372 g/mol. The average Bonchev–Trinajstić information content (AvgIpc) is 2.82. The molecule has 0 saturated carbocycles. The number of benzene rings is 2. The third-order valence-electron chi connectivity index (χ3n) is 3.57. The molecule has 1 heterocycles. The van der Waals surface area contributed by atoms with Crippen LogP contribution in [0.15, 0.2) is 51.0 Å². The summed E-state index contributed by atoms with van der Waals surface area (Å²) in [6.45, 7) is 1.60. The smallest absolute Gasteiger partial charge is 0.295 e. The molecule has 9 nitrogen and oxygen atoms in total. The van der Waals surface area contributed by atoms with Crippen molar-refractivity contribution in [2.45, 2.75) is 16.7 Å². The van der Waals surface area contributed by atoms with E-state index in [2.05, 4.69) is 5.10 Å². The molecule has 0 radical (unpaired) electrons. The quantitative estimate of drug-likeness (QED) is 0.573. The van der Waals surface area contributed by atoms with Crippen molar-refractivity contribution in [2.24, 2.45) is 0 Å². The number of aromatic nitrogens is 2. The molecule has 0 aliphatic rings. The fraction of sp³-hybridized carbons (Fsp3) is 0.0714. The lowest BCUT2D eigenvalue weighted by Gasteiger charge is -2.11. The van der Waals surface area contributed by atoms with E-state index in [9.17, 15) is 30.7 Å². The molecule has 0 fully saturated rings. The second-order valence-corrected chi connectivity index (χ2v) is 8.14. The van der Waals surface area contributed by atoms with Gasteiger partial charge in [0.15, 0.2) is 0 Å². The lowest BCUT2D eigenvalue weighted by molar-refractivity contribution is 0.481. The summed E-state index contributed by atoms with van der Waals surface area (Å²) in [6, 6.07) is 7.10. The van der Waals surface area contributed by atoms with E-state index in [1.807, 2.05) is 0 Å². The number of aromatic amines is 1. The number of hydrogen-bond acceptors (Lipinski definition) is 5. The maximum atomic E-state index is 12.0. The van der Waals surface area contributed by atoms with Gasteiger partial charge in [-0.2, -0.15) is 16.8 Å². The summed E-state index contributed by atoms with van der Waals surface area (Å²) in [6.07, 6.45) is 0. The molecule has 0 bridgehead atoms. The molecule has 0 aliphatic heterocycles. The number of nitrogens with one attached hydrogen (secondary N) is 1. The lowest BCUT2D eigenvalue weighted by atomic mass is 10.1. The van der Waals surface area contributed by atoms with Gasteiger partial charge in [0.05, 0.1) is 5.69 Å². The number of H-pyrrole nitrogens is 1. The fourth-order valence-corrected chi connectivity index (χ4v) is 4.01. The van der Waals surface area contributed by atoms with Gasteiger partial charge in [-0.1, -0.05) is 12.1 Å². The van der Waals surface area contributed by atoms with Crippen LogP contribution in [0, 0.1) is 6.92 Å². The molecule has 3 N–H and O–H groups in total. The summed E-state index contributed by atoms with van der Waals surface area (Å²) in [5.74, 6) is 0. The highest BCUT2D eigenvalue weighted by Gasteiger charge is 2.22. The van der Waals surface area contributed by atoms with Crippen LogP contribution in [0.5, 0.6) is 0 Å². The molecule has 0 aliphatic carbocycles. The Bertz CT molecular complexity index is 1270. The molecule has 0 atom stereocenters. The predicted molar refractivity (Wildman–Crippen MR) is 88.3 cm³/mol. The van der Waals surface area contributed by atoms with Gasteiger partial charge in [0.1, 0.15) is 9.79 Å². The summed E-state index contributed by atoms with van der Waals surface area (Å²) in [5.41, 5.74) is -0.0432. The van der Waals surface area contributed by atoms with E-state index in [-0.39, 0.29) is 16.5 Å². The zero-order valence-corrected chi connectivity index (χ0v) is 14.3. The first kappa shape index (κ1) is 17.4. The topological polar surface area (TPSA) is 147 Å². The Morgan fingerprint density at radius 3 is 2.08 bits per heavy atom. The van der Waals surface area contributed by atoms with Gasteiger partial charge in [0.2, 0.25) is 0 Å². The standard InChI is InChI=1S/C14H12N2O7S2/c1-8-5-14(17)16(15-8)9-6-11-10(13(7-9)25(21,22)23)3-2-4-12(11)24(18,19)20/h2-7,15H,1H3,(H,18,19,20)(H,21,22,23). The summed E-state index contributed by atoms with van der Waals surface area (Å²) in [5, 5.41) is 2.41. The number of hydrogen-bond donors (Lipinski definition) is 3. The van der Waals surface area contributed by atoms with Crippen LogP contribution in [-0.4, -0.2) is 35.7 Å². The van der Waals surface area contributed by atoms with E-state index in [0.717, 1.165) is 16.8 Å². The van der Waals surface area contributed by atoms with Crippen LogP contribution < -0.4 is 5.56 Å². The van der Waals surface area contributed by atoms with Gasteiger partial charge >= 0.3 is 0 Å². The third kappa shape index (κ3) is 3.09. The van der Waals surface area contributed by atoms with Gasteiger partial charge in [-0.25, -0.2) is 4.68 Å². The van der Waals surface area contributed by atoms with Crippen molar-refractivity contribution >= 4 is 31.0 Å². The van der Waals surface area contributed by atoms with Crippen LogP contribution in [0.25, 0.3) is 16.5 Å². The van der Waals surface area contributed by atoms with Crippen LogP contribution >= 0.6 is 0 Å². The first-order chi connectivity index (χ1) is 11.5. The summed E-state index contributed by atoms with van der Waals surface area (Å²) < 4.78 is 66.5. The first-order valence-corrected chi connectivity index (χ1v) is 9.67. The molecule has 0 unspecified atom stereocenters. The van der Waals surface area contributed by atoms with E-state index >= 15 is 0 Å².